The molecular formula is C7H6NO4-. The molecule has 0 heterocycles. The van der Waals surface area contributed by atoms with Crippen LogP contribution in [0.4, 0.5) is 5.69 Å². The number of nitro groups is 1. The number of hydrogen-bond donors (Lipinski definition) is 1. The van der Waals surface area contributed by atoms with Gasteiger partial charge in [0.25, 0.3) is 5.69 Å². The fourth-order valence-electron chi connectivity index (χ4n) is 0.886. The summed E-state index contributed by atoms with van der Waals surface area (Å²) in [6.07, 6.45) is 0. The molecule has 0 amide bonds. The highest BCUT2D eigenvalue weighted by Gasteiger charge is 2.13. The van der Waals surface area contributed by atoms with Gasteiger partial charge in [-0.15, -0.1) is 0 Å². The second kappa shape index (κ2) is 2.69. The zero-order valence-corrected chi connectivity index (χ0v) is 6.27. The van der Waals surface area contributed by atoms with E-state index in [1.165, 1.54) is 13.0 Å². The number of rotatable bonds is 1. The van der Waals surface area contributed by atoms with Gasteiger partial charge in [-0.25, -0.2) is 0 Å². The zero-order valence-electron chi connectivity index (χ0n) is 6.27. The van der Waals surface area contributed by atoms with Gasteiger partial charge in [-0.1, -0.05) is 0 Å². The van der Waals surface area contributed by atoms with Crippen LogP contribution in [0.25, 0.3) is 0 Å². The number of aryl methyl sites for hydroxylation is 1. The lowest BCUT2D eigenvalue weighted by molar-refractivity contribution is -0.399. The average Bonchev–Trinajstić information content (AvgIpc) is 1.97. The summed E-state index contributed by atoms with van der Waals surface area (Å²) >= 11 is 0. The number of nitrogens with zero attached hydrogens (tertiary/aromatic N) is 1. The third-order valence-corrected chi connectivity index (χ3v) is 1.50. The van der Waals surface area contributed by atoms with E-state index < -0.39 is 22.1 Å². The highest BCUT2D eigenvalue weighted by molar-refractivity contribution is 5.57. The van der Waals surface area contributed by atoms with E-state index in [1.807, 2.05) is 0 Å². The van der Waals surface area contributed by atoms with E-state index in [-0.39, 0.29) is 5.56 Å². The van der Waals surface area contributed by atoms with Crippen molar-refractivity contribution in [2.24, 2.45) is 0 Å². The first-order valence-electron chi connectivity index (χ1n) is 3.18. The standard InChI is InChI=1S/C7H7NO4/c1-4-2-3-5(9)7(10)6(4)8(11)12/h2-3,9-10H,1H3/p-1. The lowest BCUT2D eigenvalue weighted by Gasteiger charge is -2.09. The van der Waals surface area contributed by atoms with Crippen LogP contribution in [-0.4, -0.2) is 10.0 Å². The van der Waals surface area contributed by atoms with E-state index in [2.05, 4.69) is 0 Å². The fraction of sp³-hybridized carbons (Fsp3) is 0.143. The smallest absolute Gasteiger partial charge is 0.268 e. The second-order valence-corrected chi connectivity index (χ2v) is 2.34. The number of phenols is 1. The van der Waals surface area contributed by atoms with Gasteiger partial charge in [0.05, 0.1) is 4.92 Å². The first-order chi connectivity index (χ1) is 5.54. The fourth-order valence-corrected chi connectivity index (χ4v) is 0.886. The van der Waals surface area contributed by atoms with E-state index >= 15 is 0 Å². The molecule has 0 saturated carbocycles. The van der Waals surface area contributed by atoms with Gasteiger partial charge in [0, 0.05) is 11.3 Å². The van der Waals surface area contributed by atoms with E-state index in [9.17, 15) is 15.2 Å². The lowest BCUT2D eigenvalue weighted by Crippen LogP contribution is -1.99. The summed E-state index contributed by atoms with van der Waals surface area (Å²) in [4.78, 5) is 9.49. The summed E-state index contributed by atoms with van der Waals surface area (Å²) in [5, 5.41) is 30.1. The highest BCUT2D eigenvalue weighted by atomic mass is 16.6. The van der Waals surface area contributed by atoms with Gasteiger partial charge in [-0.05, 0) is 19.1 Å². The van der Waals surface area contributed by atoms with Crippen molar-refractivity contribution in [2.75, 3.05) is 0 Å². The van der Waals surface area contributed by atoms with E-state index in [0.717, 1.165) is 6.07 Å². The molecule has 0 saturated heterocycles. The van der Waals surface area contributed by atoms with Crippen LogP contribution in [0.3, 0.4) is 0 Å². The molecule has 0 radical (unpaired) electrons. The Morgan fingerprint density at radius 1 is 1.50 bits per heavy atom. The minimum absolute atomic E-state index is 0.253. The Morgan fingerprint density at radius 2 is 2.08 bits per heavy atom. The average molecular weight is 168 g/mol. The number of aromatic hydroxyl groups is 1. The molecule has 12 heavy (non-hydrogen) atoms. The minimum atomic E-state index is -0.931. The molecule has 5 heteroatoms. The molecule has 1 rings (SSSR count). The molecule has 0 aliphatic rings. The van der Waals surface area contributed by atoms with Crippen molar-refractivity contribution in [1.29, 1.82) is 0 Å². The quantitative estimate of drug-likeness (QED) is 0.493. The van der Waals surface area contributed by atoms with Crippen LogP contribution in [0.15, 0.2) is 12.1 Å². The Morgan fingerprint density at radius 3 is 2.50 bits per heavy atom. The number of benzene rings is 1. The molecule has 1 N–H and O–H groups in total. The van der Waals surface area contributed by atoms with Crippen molar-refractivity contribution in [3.63, 3.8) is 0 Å². The zero-order chi connectivity index (χ0) is 9.30. The second-order valence-electron chi connectivity index (χ2n) is 2.34. The summed E-state index contributed by atoms with van der Waals surface area (Å²) in [6.45, 7) is 1.44. The van der Waals surface area contributed by atoms with Crippen molar-refractivity contribution in [3.8, 4) is 11.5 Å². The molecule has 1 aromatic rings. The molecular weight excluding hydrogens is 162 g/mol. The molecule has 0 unspecified atom stereocenters. The molecule has 0 aliphatic heterocycles. The maximum absolute atomic E-state index is 10.9. The molecule has 0 spiro atoms. The summed E-state index contributed by atoms with van der Waals surface area (Å²) in [5.74, 6) is -1.52. The predicted molar refractivity (Wildman–Crippen MR) is 38.9 cm³/mol. The first-order valence-corrected chi connectivity index (χ1v) is 3.18. The normalized spacial score (nSPS) is 9.75. The Balaban J connectivity index is 3.43. The van der Waals surface area contributed by atoms with E-state index in [4.69, 9.17) is 5.11 Å². The molecule has 0 bridgehead atoms. The number of hydrogen-bond acceptors (Lipinski definition) is 4. The maximum atomic E-state index is 10.9. The van der Waals surface area contributed by atoms with Crippen LogP contribution >= 0.6 is 0 Å². The topological polar surface area (TPSA) is 86.4 Å². The van der Waals surface area contributed by atoms with Crippen LogP contribution in [-0.2, 0) is 0 Å². The van der Waals surface area contributed by atoms with E-state index in [0.29, 0.717) is 0 Å². The third kappa shape index (κ3) is 1.16. The van der Waals surface area contributed by atoms with Gasteiger partial charge in [0.1, 0.15) is 5.75 Å². The summed E-state index contributed by atoms with van der Waals surface area (Å²) < 4.78 is 0. The van der Waals surface area contributed by atoms with Crippen molar-refractivity contribution >= 4 is 5.69 Å². The summed E-state index contributed by atoms with van der Waals surface area (Å²) in [7, 11) is 0. The van der Waals surface area contributed by atoms with Crippen molar-refractivity contribution in [1.82, 2.24) is 0 Å². The van der Waals surface area contributed by atoms with Crippen LogP contribution < -0.4 is 5.11 Å². The minimum Gasteiger partial charge on any atom is -0.865 e. The van der Waals surface area contributed by atoms with Gasteiger partial charge in [-0.3, -0.25) is 10.1 Å². The van der Waals surface area contributed by atoms with Gasteiger partial charge >= 0.3 is 0 Å². The van der Waals surface area contributed by atoms with E-state index in [1.54, 1.807) is 0 Å². The Bertz CT molecular complexity index is 334. The molecule has 0 aromatic heterocycles. The Kier molecular flexibility index (Phi) is 1.86. The third-order valence-electron chi connectivity index (χ3n) is 1.50. The van der Waals surface area contributed by atoms with Gasteiger partial charge in [0.2, 0.25) is 0 Å². The molecule has 0 aliphatic carbocycles. The summed E-state index contributed by atoms with van der Waals surface area (Å²) in [6, 6.07) is 2.47. The number of phenolic OH excluding ortho intramolecular Hbond substituents is 1. The highest BCUT2D eigenvalue weighted by Crippen LogP contribution is 2.34. The predicted octanol–water partition coefficient (Wildman–Crippen LogP) is 0.682. The van der Waals surface area contributed by atoms with Gasteiger partial charge < -0.3 is 10.2 Å². The van der Waals surface area contributed by atoms with Crippen molar-refractivity contribution in [2.45, 2.75) is 6.92 Å². The Labute approximate surface area is 68.0 Å². The van der Waals surface area contributed by atoms with Crippen LogP contribution in [0.5, 0.6) is 11.5 Å². The molecule has 0 fully saturated rings. The van der Waals surface area contributed by atoms with Crippen LogP contribution in [0.1, 0.15) is 5.56 Å². The van der Waals surface area contributed by atoms with Gasteiger partial charge in [-0.2, -0.15) is 0 Å². The van der Waals surface area contributed by atoms with Crippen LogP contribution in [0.2, 0.25) is 0 Å². The molecule has 1 aromatic carbocycles. The maximum Gasteiger partial charge on any atom is 0.268 e. The first kappa shape index (κ1) is 8.32. The van der Waals surface area contributed by atoms with Crippen LogP contribution in [0, 0.1) is 17.0 Å². The lowest BCUT2D eigenvalue weighted by atomic mass is 10.2. The largest absolute Gasteiger partial charge is 0.865 e. The molecule has 64 valence electrons. The Hall–Kier alpha value is -1.78. The number of nitro benzene ring substituents is 1. The monoisotopic (exact) mass is 168 g/mol. The summed E-state index contributed by atoms with van der Waals surface area (Å²) in [5.41, 5.74) is -0.308. The van der Waals surface area contributed by atoms with Crippen molar-refractivity contribution < 1.29 is 15.1 Å². The van der Waals surface area contributed by atoms with Gasteiger partial charge in [0.15, 0.2) is 0 Å². The van der Waals surface area contributed by atoms with Crippen molar-refractivity contribution in [3.05, 3.63) is 27.8 Å². The molecule has 0 atom stereocenters. The molecule has 5 nitrogen and oxygen atoms in total. The SMILES string of the molecule is Cc1ccc(O)c([O-])c1[N+](=O)[O-].